The van der Waals surface area contributed by atoms with Crippen LogP contribution in [0.1, 0.15) is 42.0 Å². The molecule has 1 heterocycles. The second-order valence-electron chi connectivity index (χ2n) is 5.17. The fourth-order valence-electron chi connectivity index (χ4n) is 2.49. The highest BCUT2D eigenvalue weighted by molar-refractivity contribution is 9.10. The highest BCUT2D eigenvalue weighted by Crippen LogP contribution is 2.27. The number of benzene rings is 1. The Morgan fingerprint density at radius 3 is 2.60 bits per heavy atom. The van der Waals surface area contributed by atoms with Crippen molar-refractivity contribution in [2.75, 3.05) is 6.54 Å². The molecule has 1 aromatic heterocycles. The van der Waals surface area contributed by atoms with Gasteiger partial charge in [-0.3, -0.25) is 0 Å². The number of hydrogen-bond donors (Lipinski definition) is 1. The van der Waals surface area contributed by atoms with E-state index < -0.39 is 0 Å². The molecule has 0 bridgehead atoms. The fraction of sp³-hybridized carbons (Fsp3) is 0.412. The van der Waals surface area contributed by atoms with E-state index in [0.717, 1.165) is 30.9 Å². The number of hydrogen-bond acceptors (Lipinski definition) is 2. The highest BCUT2D eigenvalue weighted by Gasteiger charge is 2.18. The molecule has 0 spiro atoms. The van der Waals surface area contributed by atoms with Gasteiger partial charge in [-0.1, -0.05) is 41.1 Å². The third kappa shape index (κ3) is 3.74. The molecule has 1 unspecified atom stereocenters. The van der Waals surface area contributed by atoms with Crippen LogP contribution >= 0.6 is 15.9 Å². The summed E-state index contributed by atoms with van der Waals surface area (Å²) in [6.07, 6.45) is 2.09. The quantitative estimate of drug-likeness (QED) is 0.808. The summed E-state index contributed by atoms with van der Waals surface area (Å²) in [4.78, 5) is 0. The third-order valence-electron chi connectivity index (χ3n) is 3.48. The number of nitrogens with one attached hydrogen (secondary N) is 1. The van der Waals surface area contributed by atoms with Crippen LogP contribution in [0.2, 0.25) is 0 Å². The van der Waals surface area contributed by atoms with Crippen molar-refractivity contribution in [2.24, 2.45) is 0 Å². The molecule has 3 heteroatoms. The van der Waals surface area contributed by atoms with Crippen molar-refractivity contribution >= 4 is 15.9 Å². The molecule has 1 N–H and O–H groups in total. The van der Waals surface area contributed by atoms with Crippen LogP contribution in [0.15, 0.2) is 39.2 Å². The monoisotopic (exact) mass is 335 g/mol. The maximum Gasteiger partial charge on any atom is 0.105 e. The molecule has 0 saturated heterocycles. The molecule has 0 aliphatic rings. The number of aryl methyl sites for hydroxylation is 2. The van der Waals surface area contributed by atoms with E-state index in [1.54, 1.807) is 0 Å². The molecule has 0 saturated carbocycles. The Hall–Kier alpha value is -1.06. The number of halogens is 1. The third-order valence-corrected chi connectivity index (χ3v) is 4.25. The first-order valence-corrected chi connectivity index (χ1v) is 7.94. The Balaban J connectivity index is 2.24. The van der Waals surface area contributed by atoms with E-state index >= 15 is 0 Å². The van der Waals surface area contributed by atoms with Crippen molar-refractivity contribution in [2.45, 2.75) is 39.7 Å². The topological polar surface area (TPSA) is 25.2 Å². The lowest BCUT2D eigenvalue weighted by molar-refractivity contribution is 0.480. The van der Waals surface area contributed by atoms with Crippen molar-refractivity contribution < 1.29 is 4.42 Å². The Bertz CT molecular complexity index is 562. The lowest BCUT2D eigenvalue weighted by Gasteiger charge is -2.19. The summed E-state index contributed by atoms with van der Waals surface area (Å²) in [5.41, 5.74) is 2.59. The Morgan fingerprint density at radius 1 is 1.25 bits per heavy atom. The summed E-state index contributed by atoms with van der Waals surface area (Å²) in [5, 5.41) is 3.63. The van der Waals surface area contributed by atoms with Gasteiger partial charge in [-0.25, -0.2) is 0 Å². The minimum Gasteiger partial charge on any atom is -0.466 e. The zero-order chi connectivity index (χ0) is 14.5. The van der Waals surface area contributed by atoms with Crippen molar-refractivity contribution in [3.63, 3.8) is 0 Å². The average molecular weight is 336 g/mol. The first-order valence-electron chi connectivity index (χ1n) is 7.15. The molecule has 2 rings (SSSR count). The molecule has 108 valence electrons. The predicted molar refractivity (Wildman–Crippen MR) is 87.1 cm³/mol. The zero-order valence-electron chi connectivity index (χ0n) is 12.4. The molecule has 0 aliphatic carbocycles. The minimum absolute atomic E-state index is 0.297. The smallest absolute Gasteiger partial charge is 0.105 e. The fourth-order valence-corrected chi connectivity index (χ4v) is 2.94. The van der Waals surface area contributed by atoms with Gasteiger partial charge in [-0.05, 0) is 50.9 Å². The predicted octanol–water partition coefficient (Wildman–Crippen LogP) is 4.94. The first kappa shape index (κ1) is 15.3. The summed E-state index contributed by atoms with van der Waals surface area (Å²) in [6.45, 7) is 7.25. The molecule has 2 nitrogen and oxygen atoms in total. The molecule has 20 heavy (non-hydrogen) atoms. The summed E-state index contributed by atoms with van der Waals surface area (Å²) in [6, 6.07) is 10.9. The highest BCUT2D eigenvalue weighted by atomic mass is 79.9. The number of furan rings is 1. The van der Waals surface area contributed by atoms with Gasteiger partial charge < -0.3 is 9.73 Å². The number of rotatable bonds is 6. The van der Waals surface area contributed by atoms with Crippen LogP contribution < -0.4 is 5.32 Å². The molecular weight excluding hydrogens is 314 g/mol. The maximum absolute atomic E-state index is 5.69. The van der Waals surface area contributed by atoms with Crippen LogP contribution in [0.3, 0.4) is 0 Å². The van der Waals surface area contributed by atoms with Gasteiger partial charge in [0, 0.05) is 16.1 Å². The van der Waals surface area contributed by atoms with Gasteiger partial charge in [0.1, 0.15) is 11.5 Å². The molecule has 0 aliphatic heterocycles. The standard InChI is InChI=1S/C17H22BrNO/c1-4-9-19-17(15-10-12(2)20-13(15)3)11-14-7-5-6-8-16(14)18/h5-8,10,17,19H,4,9,11H2,1-3H3. The van der Waals surface area contributed by atoms with Crippen molar-refractivity contribution in [1.82, 2.24) is 5.32 Å². The largest absolute Gasteiger partial charge is 0.466 e. The van der Waals surface area contributed by atoms with Crippen LogP contribution in [0.5, 0.6) is 0 Å². The van der Waals surface area contributed by atoms with Gasteiger partial charge in [0.2, 0.25) is 0 Å². The van der Waals surface area contributed by atoms with E-state index in [-0.39, 0.29) is 0 Å². The van der Waals surface area contributed by atoms with Crippen LogP contribution in [0, 0.1) is 13.8 Å². The van der Waals surface area contributed by atoms with Crippen molar-refractivity contribution in [3.05, 3.63) is 57.5 Å². The Kier molecular flexibility index (Phi) is 5.44. The van der Waals surface area contributed by atoms with Crippen LogP contribution in [0.25, 0.3) is 0 Å². The van der Waals surface area contributed by atoms with E-state index in [9.17, 15) is 0 Å². The van der Waals surface area contributed by atoms with E-state index in [1.165, 1.54) is 15.6 Å². The van der Waals surface area contributed by atoms with Gasteiger partial charge in [0.25, 0.3) is 0 Å². The summed E-state index contributed by atoms with van der Waals surface area (Å²) in [5.74, 6) is 2.00. The first-order chi connectivity index (χ1) is 9.61. The summed E-state index contributed by atoms with van der Waals surface area (Å²) in [7, 11) is 0. The van der Waals surface area contributed by atoms with E-state index in [4.69, 9.17) is 4.42 Å². The molecule has 1 aromatic carbocycles. The summed E-state index contributed by atoms with van der Waals surface area (Å²) >= 11 is 3.64. The lowest BCUT2D eigenvalue weighted by atomic mass is 9.99. The van der Waals surface area contributed by atoms with Gasteiger partial charge in [-0.2, -0.15) is 0 Å². The van der Waals surface area contributed by atoms with Crippen LogP contribution in [-0.2, 0) is 6.42 Å². The van der Waals surface area contributed by atoms with Gasteiger partial charge in [-0.15, -0.1) is 0 Å². The molecular formula is C17H22BrNO. The van der Waals surface area contributed by atoms with E-state index in [2.05, 4.69) is 58.5 Å². The van der Waals surface area contributed by atoms with Gasteiger partial charge in [0.05, 0.1) is 0 Å². The lowest BCUT2D eigenvalue weighted by Crippen LogP contribution is -2.24. The zero-order valence-corrected chi connectivity index (χ0v) is 14.0. The minimum atomic E-state index is 0.297. The van der Waals surface area contributed by atoms with Gasteiger partial charge >= 0.3 is 0 Å². The second-order valence-corrected chi connectivity index (χ2v) is 6.03. The molecule has 1 atom stereocenters. The Morgan fingerprint density at radius 2 is 2.00 bits per heavy atom. The Labute approximate surface area is 129 Å². The molecule has 2 aromatic rings. The van der Waals surface area contributed by atoms with E-state index in [0.29, 0.717) is 6.04 Å². The normalized spacial score (nSPS) is 12.6. The molecule has 0 amide bonds. The van der Waals surface area contributed by atoms with Crippen molar-refractivity contribution in [1.29, 1.82) is 0 Å². The van der Waals surface area contributed by atoms with Crippen molar-refractivity contribution in [3.8, 4) is 0 Å². The second kappa shape index (κ2) is 7.09. The SMILES string of the molecule is CCCNC(Cc1ccccc1Br)c1cc(C)oc1C. The maximum atomic E-state index is 5.69. The molecule has 0 fully saturated rings. The van der Waals surface area contributed by atoms with E-state index in [1.807, 2.05) is 13.8 Å². The summed E-state index contributed by atoms with van der Waals surface area (Å²) < 4.78 is 6.86. The average Bonchev–Trinajstić information content (AvgIpc) is 2.75. The van der Waals surface area contributed by atoms with Crippen LogP contribution in [-0.4, -0.2) is 6.54 Å². The van der Waals surface area contributed by atoms with Gasteiger partial charge in [0.15, 0.2) is 0 Å². The van der Waals surface area contributed by atoms with Crippen LogP contribution in [0.4, 0.5) is 0 Å². The molecule has 0 radical (unpaired) electrons.